The van der Waals surface area contributed by atoms with Crippen LogP contribution in [0, 0.1) is 5.41 Å². The van der Waals surface area contributed by atoms with E-state index in [1.54, 1.807) is 0 Å². The van der Waals surface area contributed by atoms with Crippen molar-refractivity contribution in [2.45, 2.75) is 58.4 Å². The molecular weight excluding hydrogens is 350 g/mol. The van der Waals surface area contributed by atoms with E-state index in [-0.39, 0.29) is 27.4 Å². The van der Waals surface area contributed by atoms with Crippen LogP contribution in [0.25, 0.3) is 11.0 Å². The van der Waals surface area contributed by atoms with Crippen LogP contribution in [0.4, 0.5) is 0 Å². The zero-order valence-corrected chi connectivity index (χ0v) is 16.3. The van der Waals surface area contributed by atoms with Gasteiger partial charge in [-0.1, -0.05) is 45.7 Å². The zero-order valence-electron chi connectivity index (χ0n) is 14.7. The van der Waals surface area contributed by atoms with Gasteiger partial charge >= 0.3 is 0 Å². The molecule has 2 aromatic rings. The Bertz CT molecular complexity index is 817. The Kier molecular flexibility index (Phi) is 5.57. The average molecular weight is 374 g/mol. The molecule has 0 saturated carbocycles. The Morgan fingerprint density at radius 2 is 1.88 bits per heavy atom. The summed E-state index contributed by atoms with van der Waals surface area (Å²) in [5.41, 5.74) is 0.492. The minimum atomic E-state index is -3.73. The van der Waals surface area contributed by atoms with Crippen LogP contribution in [0.5, 0.6) is 0 Å². The smallest absolute Gasteiger partial charge is 0.243 e. The van der Waals surface area contributed by atoms with Gasteiger partial charge in [-0.25, -0.2) is 13.0 Å². The summed E-state index contributed by atoms with van der Waals surface area (Å²) in [6.07, 6.45) is 1.75. The lowest BCUT2D eigenvalue weighted by Gasteiger charge is -2.33. The van der Waals surface area contributed by atoms with Crippen molar-refractivity contribution in [3.63, 3.8) is 0 Å². The Hall–Kier alpha value is -1.18. The molecule has 2 rings (SSSR count). The van der Waals surface area contributed by atoms with Crippen molar-refractivity contribution in [3.8, 4) is 0 Å². The average Bonchev–Trinajstić information content (AvgIpc) is 2.97. The highest BCUT2D eigenvalue weighted by Crippen LogP contribution is 2.33. The summed E-state index contributed by atoms with van der Waals surface area (Å²) in [5, 5.41) is 7.74. The number of rotatable bonds is 7. The normalized spacial score (nSPS) is 14.5. The predicted octanol–water partition coefficient (Wildman–Crippen LogP) is 4.10. The lowest BCUT2D eigenvalue weighted by Crippen LogP contribution is -2.40. The van der Waals surface area contributed by atoms with Crippen molar-refractivity contribution in [3.05, 3.63) is 17.2 Å². The van der Waals surface area contributed by atoms with Crippen molar-refractivity contribution >= 4 is 32.7 Å². The van der Waals surface area contributed by atoms with E-state index < -0.39 is 10.0 Å². The third kappa shape index (κ3) is 3.58. The monoisotopic (exact) mass is 373 g/mol. The molecule has 1 atom stereocenters. The van der Waals surface area contributed by atoms with E-state index in [0.29, 0.717) is 11.6 Å². The first-order chi connectivity index (χ1) is 11.1. The van der Waals surface area contributed by atoms with Crippen LogP contribution in [0.15, 0.2) is 21.7 Å². The summed E-state index contributed by atoms with van der Waals surface area (Å²) >= 11 is 6.03. The van der Waals surface area contributed by atoms with Gasteiger partial charge in [0.25, 0.3) is 0 Å². The largest absolute Gasteiger partial charge is 0.245 e. The van der Waals surface area contributed by atoms with Gasteiger partial charge in [0.2, 0.25) is 10.0 Å². The first-order valence-corrected chi connectivity index (χ1v) is 9.88. The highest BCUT2D eigenvalue weighted by molar-refractivity contribution is 7.89. The molecule has 1 heterocycles. The second kappa shape index (κ2) is 6.98. The van der Waals surface area contributed by atoms with Gasteiger partial charge in [0.15, 0.2) is 11.0 Å². The molecule has 0 aliphatic rings. The summed E-state index contributed by atoms with van der Waals surface area (Å²) < 4.78 is 32.5. The van der Waals surface area contributed by atoms with Gasteiger partial charge in [-0.2, -0.15) is 4.31 Å². The summed E-state index contributed by atoms with van der Waals surface area (Å²) in [7, 11) is -3.73. The highest BCUT2D eigenvalue weighted by atomic mass is 35.5. The van der Waals surface area contributed by atoms with E-state index in [1.165, 1.54) is 16.4 Å². The van der Waals surface area contributed by atoms with Gasteiger partial charge in [-0.15, -0.1) is 0 Å². The number of hydrogen-bond donors (Lipinski definition) is 0. The van der Waals surface area contributed by atoms with E-state index in [0.717, 1.165) is 12.8 Å². The molecule has 0 radical (unpaired) electrons. The molecule has 6 nitrogen and oxygen atoms in total. The molecule has 1 unspecified atom stereocenters. The maximum absolute atomic E-state index is 13.2. The second-order valence-electron chi connectivity index (χ2n) is 6.79. The fourth-order valence-electron chi connectivity index (χ4n) is 2.91. The van der Waals surface area contributed by atoms with Gasteiger partial charge in [0.05, 0.1) is 5.02 Å². The first-order valence-electron chi connectivity index (χ1n) is 8.06. The van der Waals surface area contributed by atoms with Crippen molar-refractivity contribution in [1.29, 1.82) is 0 Å². The molecule has 0 aliphatic carbocycles. The van der Waals surface area contributed by atoms with E-state index in [2.05, 4.69) is 35.7 Å². The number of sulfonamides is 1. The minimum absolute atomic E-state index is 0.0626. The third-order valence-corrected chi connectivity index (χ3v) is 6.95. The van der Waals surface area contributed by atoms with Crippen LogP contribution < -0.4 is 0 Å². The van der Waals surface area contributed by atoms with Crippen LogP contribution in [-0.2, 0) is 10.0 Å². The Morgan fingerprint density at radius 3 is 2.46 bits per heavy atom. The van der Waals surface area contributed by atoms with Gasteiger partial charge in [-0.3, -0.25) is 0 Å². The van der Waals surface area contributed by atoms with Crippen molar-refractivity contribution in [1.82, 2.24) is 14.6 Å². The van der Waals surface area contributed by atoms with Gasteiger partial charge in [0, 0.05) is 12.6 Å². The molecule has 8 heteroatoms. The van der Waals surface area contributed by atoms with E-state index in [9.17, 15) is 8.42 Å². The van der Waals surface area contributed by atoms with Gasteiger partial charge in [-0.05, 0) is 41.2 Å². The molecule has 0 N–H and O–H groups in total. The summed E-state index contributed by atoms with van der Waals surface area (Å²) in [5.74, 6) is 0. The Morgan fingerprint density at radius 1 is 1.25 bits per heavy atom. The molecule has 0 amide bonds. The molecule has 0 aliphatic heterocycles. The predicted molar refractivity (Wildman–Crippen MR) is 94.5 cm³/mol. The number of nitrogens with zero attached hydrogens (tertiary/aromatic N) is 3. The Balaban J connectivity index is 2.46. The maximum atomic E-state index is 13.2. The molecule has 24 heavy (non-hydrogen) atoms. The molecule has 0 bridgehead atoms. The zero-order chi connectivity index (χ0) is 18.1. The lowest BCUT2D eigenvalue weighted by molar-refractivity contribution is 0.226. The third-order valence-electron chi connectivity index (χ3n) is 4.52. The molecular formula is C16H24ClN3O3S. The minimum Gasteiger partial charge on any atom is -0.243 e. The SMILES string of the molecule is CCN(C(C)CC(C)(C)CC)S(=O)(=O)c1ccc(Cl)c2nonc12. The first kappa shape index (κ1) is 19.1. The van der Waals surface area contributed by atoms with Crippen molar-refractivity contribution in [2.24, 2.45) is 5.41 Å². The van der Waals surface area contributed by atoms with E-state index in [4.69, 9.17) is 11.6 Å². The number of hydrogen-bond acceptors (Lipinski definition) is 5. The fraction of sp³-hybridized carbons (Fsp3) is 0.625. The highest BCUT2D eigenvalue weighted by Gasteiger charge is 2.33. The van der Waals surface area contributed by atoms with Crippen molar-refractivity contribution < 1.29 is 13.0 Å². The molecule has 0 fully saturated rings. The van der Waals surface area contributed by atoms with E-state index in [1.807, 2.05) is 13.8 Å². The fourth-order valence-corrected chi connectivity index (χ4v) is 4.86. The molecule has 0 saturated heterocycles. The van der Waals surface area contributed by atoms with Crippen LogP contribution in [0.1, 0.15) is 47.5 Å². The number of halogens is 1. The maximum Gasteiger partial charge on any atom is 0.245 e. The number of aromatic nitrogens is 2. The van der Waals surface area contributed by atoms with Gasteiger partial charge < -0.3 is 0 Å². The standard InChI is InChI=1S/C16H24ClN3O3S/c1-6-16(4,5)10-11(3)20(7-2)24(21,22)13-9-8-12(17)14-15(13)19-23-18-14/h8-9,11H,6-7,10H2,1-5H3. The quantitative estimate of drug-likeness (QED) is 0.730. The van der Waals surface area contributed by atoms with Crippen LogP contribution in [0.2, 0.25) is 5.02 Å². The summed E-state index contributed by atoms with van der Waals surface area (Å²) in [6, 6.07) is 2.83. The molecule has 1 aromatic heterocycles. The molecule has 1 aromatic carbocycles. The molecule has 134 valence electrons. The summed E-state index contributed by atoms with van der Waals surface area (Å²) in [6.45, 7) is 10.5. The van der Waals surface area contributed by atoms with Gasteiger partial charge in [0.1, 0.15) is 4.90 Å². The second-order valence-corrected chi connectivity index (χ2v) is 9.05. The van der Waals surface area contributed by atoms with E-state index >= 15 is 0 Å². The topological polar surface area (TPSA) is 76.3 Å². The molecule has 0 spiro atoms. The number of benzene rings is 1. The lowest BCUT2D eigenvalue weighted by atomic mass is 9.84. The number of fused-ring (bicyclic) bond motifs is 1. The van der Waals surface area contributed by atoms with Crippen molar-refractivity contribution in [2.75, 3.05) is 6.54 Å². The Labute approximate surface area is 148 Å². The summed E-state index contributed by atoms with van der Waals surface area (Å²) in [4.78, 5) is 0.0751. The van der Waals surface area contributed by atoms with Crippen LogP contribution >= 0.6 is 11.6 Å². The van der Waals surface area contributed by atoms with Crippen LogP contribution in [-0.4, -0.2) is 35.6 Å². The van der Waals surface area contributed by atoms with Crippen LogP contribution in [0.3, 0.4) is 0 Å².